The van der Waals surface area contributed by atoms with Gasteiger partial charge in [0, 0.05) is 6.42 Å². The van der Waals surface area contributed by atoms with Gasteiger partial charge in [-0.1, -0.05) is 116 Å². The van der Waals surface area contributed by atoms with Crippen molar-refractivity contribution in [3.8, 4) is 0 Å². The number of aliphatic hydroxyl groups is 8. The first-order chi connectivity index (χ1) is 25.1. The summed E-state index contributed by atoms with van der Waals surface area (Å²) >= 11 is 0. The maximum Gasteiger partial charge on any atom is 0.220 e. The van der Waals surface area contributed by atoms with Gasteiger partial charge in [-0.05, 0) is 19.3 Å². The van der Waals surface area contributed by atoms with Crippen LogP contribution >= 0.6 is 0 Å². The van der Waals surface area contributed by atoms with Gasteiger partial charge in [0.1, 0.15) is 48.8 Å². The number of carbonyl (C=O) groups excluding carboxylic acids is 1. The van der Waals surface area contributed by atoms with Crippen molar-refractivity contribution in [1.82, 2.24) is 5.32 Å². The highest BCUT2D eigenvalue weighted by Crippen LogP contribution is 2.29. The first-order valence-electron chi connectivity index (χ1n) is 19.9. The highest BCUT2D eigenvalue weighted by atomic mass is 16.7. The molecule has 0 spiro atoms. The lowest BCUT2D eigenvalue weighted by atomic mass is 9.97. The Balaban J connectivity index is 1.93. The summed E-state index contributed by atoms with van der Waals surface area (Å²) in [5.74, 6) is -0.255. The molecule has 52 heavy (non-hydrogen) atoms. The minimum atomic E-state index is -1.78. The first kappa shape index (κ1) is 46.9. The standard InChI is InChI=1S/C38H71NO13/c1-3-5-7-9-10-11-12-13-14-15-16-18-19-21-27(42)26(39-30(43)22-20-17-8-6-4-2)25-49-37-35(48)33(46)36(29(24-41)51-37)52-38-34(47)32(45)31(44)28(23-40)50-38/h19,21,26-29,31-38,40-42,44-48H,3-18,20,22-25H2,1-2H3,(H,39,43)/b21-19+. The lowest BCUT2D eigenvalue weighted by Crippen LogP contribution is -2.65. The van der Waals surface area contributed by atoms with Gasteiger partial charge < -0.3 is 65.1 Å². The largest absolute Gasteiger partial charge is 0.394 e. The molecule has 9 N–H and O–H groups in total. The Morgan fingerprint density at radius 3 is 1.77 bits per heavy atom. The topological polar surface area (TPSA) is 228 Å². The first-order valence-corrected chi connectivity index (χ1v) is 19.9. The molecule has 0 aromatic rings. The van der Waals surface area contributed by atoms with E-state index in [0.717, 1.165) is 44.9 Å². The zero-order valence-corrected chi connectivity index (χ0v) is 31.6. The number of rotatable bonds is 28. The number of aliphatic hydroxyl groups excluding tert-OH is 8. The molecule has 0 aliphatic carbocycles. The van der Waals surface area contributed by atoms with Crippen LogP contribution in [0.4, 0.5) is 0 Å². The minimum Gasteiger partial charge on any atom is -0.394 e. The predicted molar refractivity (Wildman–Crippen MR) is 194 cm³/mol. The van der Waals surface area contributed by atoms with Gasteiger partial charge in [-0.25, -0.2) is 0 Å². The Labute approximate surface area is 310 Å². The highest BCUT2D eigenvalue weighted by Gasteiger charge is 2.50. The number of allylic oxidation sites excluding steroid dienone is 1. The Hall–Kier alpha value is -1.27. The van der Waals surface area contributed by atoms with Gasteiger partial charge >= 0.3 is 0 Å². The average Bonchev–Trinajstić information content (AvgIpc) is 3.14. The van der Waals surface area contributed by atoms with E-state index in [-0.39, 0.29) is 18.9 Å². The molecule has 0 aromatic heterocycles. The van der Waals surface area contributed by atoms with Gasteiger partial charge in [0.05, 0.1) is 32.0 Å². The zero-order valence-electron chi connectivity index (χ0n) is 31.6. The van der Waals surface area contributed by atoms with Crippen LogP contribution in [0.25, 0.3) is 0 Å². The van der Waals surface area contributed by atoms with Crippen molar-refractivity contribution < 1.29 is 64.6 Å². The number of unbranched alkanes of at least 4 members (excludes halogenated alkanes) is 15. The second kappa shape index (κ2) is 27.3. The van der Waals surface area contributed by atoms with Crippen LogP contribution in [0.3, 0.4) is 0 Å². The molecule has 14 heteroatoms. The maximum absolute atomic E-state index is 12.8. The lowest BCUT2D eigenvalue weighted by molar-refractivity contribution is -0.359. The number of nitrogens with one attached hydrogen (secondary N) is 1. The van der Waals surface area contributed by atoms with Crippen molar-refractivity contribution in [1.29, 1.82) is 0 Å². The lowest BCUT2D eigenvalue weighted by Gasteiger charge is -2.46. The molecule has 1 amide bonds. The summed E-state index contributed by atoms with van der Waals surface area (Å²) in [7, 11) is 0. The van der Waals surface area contributed by atoms with E-state index in [0.29, 0.717) is 6.42 Å². The van der Waals surface area contributed by atoms with Crippen LogP contribution in [-0.2, 0) is 23.7 Å². The van der Waals surface area contributed by atoms with Crippen LogP contribution in [-0.4, -0.2) is 140 Å². The second-order valence-electron chi connectivity index (χ2n) is 14.4. The van der Waals surface area contributed by atoms with Gasteiger partial charge in [-0.3, -0.25) is 4.79 Å². The zero-order chi connectivity index (χ0) is 38.3. The van der Waals surface area contributed by atoms with E-state index >= 15 is 0 Å². The SMILES string of the molecule is CCCCCCCCCCCCC/C=C/C(O)C(COC1OC(CO)C(OC2OC(CO)C(O)C(O)C2O)C(O)C1O)NC(=O)CCCCCCC. The van der Waals surface area contributed by atoms with E-state index in [4.69, 9.17) is 18.9 Å². The quantitative estimate of drug-likeness (QED) is 0.0413. The number of ether oxygens (including phenoxy) is 4. The second-order valence-corrected chi connectivity index (χ2v) is 14.4. The Bertz CT molecular complexity index is 941. The third kappa shape index (κ3) is 16.6. The fourth-order valence-corrected chi connectivity index (χ4v) is 6.58. The van der Waals surface area contributed by atoms with Crippen molar-refractivity contribution in [2.24, 2.45) is 0 Å². The monoisotopic (exact) mass is 749 g/mol. The van der Waals surface area contributed by atoms with E-state index in [1.807, 2.05) is 6.08 Å². The molecule has 0 radical (unpaired) electrons. The number of carbonyl (C=O) groups is 1. The van der Waals surface area contributed by atoms with Crippen molar-refractivity contribution in [3.05, 3.63) is 12.2 Å². The summed E-state index contributed by atoms with van der Waals surface area (Å²) in [4.78, 5) is 12.8. The molecule has 12 unspecified atom stereocenters. The molecular weight excluding hydrogens is 678 g/mol. The van der Waals surface area contributed by atoms with Gasteiger partial charge in [0.15, 0.2) is 12.6 Å². The van der Waals surface area contributed by atoms with Crippen molar-refractivity contribution in [2.45, 2.75) is 203 Å². The summed E-state index contributed by atoms with van der Waals surface area (Å²) < 4.78 is 22.5. The van der Waals surface area contributed by atoms with Crippen LogP contribution in [0.2, 0.25) is 0 Å². The van der Waals surface area contributed by atoms with E-state index in [9.17, 15) is 45.6 Å². The van der Waals surface area contributed by atoms with E-state index in [2.05, 4.69) is 19.2 Å². The van der Waals surface area contributed by atoms with Gasteiger partial charge in [-0.2, -0.15) is 0 Å². The fourth-order valence-electron chi connectivity index (χ4n) is 6.58. The van der Waals surface area contributed by atoms with Gasteiger partial charge in [0.25, 0.3) is 0 Å². The van der Waals surface area contributed by atoms with Crippen molar-refractivity contribution in [3.63, 3.8) is 0 Å². The number of amides is 1. The van der Waals surface area contributed by atoms with Crippen molar-refractivity contribution in [2.75, 3.05) is 19.8 Å². The highest BCUT2D eigenvalue weighted by molar-refractivity contribution is 5.76. The van der Waals surface area contributed by atoms with Crippen LogP contribution in [0.15, 0.2) is 12.2 Å². The molecular formula is C38H71NO13. The molecule has 0 bridgehead atoms. The molecule has 2 aliphatic rings. The third-order valence-corrected chi connectivity index (χ3v) is 9.97. The van der Waals surface area contributed by atoms with E-state index in [1.54, 1.807) is 6.08 Å². The summed E-state index contributed by atoms with van der Waals surface area (Å²) in [5, 5.41) is 85.8. The number of hydrogen-bond acceptors (Lipinski definition) is 13. The van der Waals surface area contributed by atoms with Gasteiger partial charge in [-0.15, -0.1) is 0 Å². The normalized spacial score (nSPS) is 30.8. The van der Waals surface area contributed by atoms with Crippen LogP contribution < -0.4 is 5.32 Å². The van der Waals surface area contributed by atoms with Crippen LogP contribution in [0.1, 0.15) is 129 Å². The molecule has 12 atom stereocenters. The van der Waals surface area contributed by atoms with Crippen molar-refractivity contribution >= 4 is 5.91 Å². The molecule has 2 fully saturated rings. The molecule has 2 saturated heterocycles. The summed E-state index contributed by atoms with van der Waals surface area (Å²) in [6.45, 7) is 2.64. The molecule has 2 rings (SSSR count). The average molecular weight is 750 g/mol. The molecule has 2 heterocycles. The Kier molecular flexibility index (Phi) is 24.6. The number of hydrogen-bond donors (Lipinski definition) is 9. The fraction of sp³-hybridized carbons (Fsp3) is 0.921. The van der Waals surface area contributed by atoms with Crippen LogP contribution in [0.5, 0.6) is 0 Å². The molecule has 2 aliphatic heterocycles. The van der Waals surface area contributed by atoms with Gasteiger partial charge in [0.2, 0.25) is 5.91 Å². The third-order valence-electron chi connectivity index (χ3n) is 9.97. The minimum absolute atomic E-state index is 0.255. The summed E-state index contributed by atoms with van der Waals surface area (Å²) in [5.41, 5.74) is 0. The molecule has 14 nitrogen and oxygen atoms in total. The summed E-state index contributed by atoms with van der Waals surface area (Å²) in [6, 6.07) is -0.902. The van der Waals surface area contributed by atoms with E-state index < -0.39 is 86.8 Å². The molecule has 306 valence electrons. The molecule has 0 saturated carbocycles. The van der Waals surface area contributed by atoms with Crippen LogP contribution in [0, 0.1) is 0 Å². The predicted octanol–water partition coefficient (Wildman–Crippen LogP) is 2.09. The smallest absolute Gasteiger partial charge is 0.220 e. The Morgan fingerprint density at radius 1 is 0.673 bits per heavy atom. The summed E-state index contributed by atoms with van der Waals surface area (Å²) in [6.07, 6.45) is 6.08. The Morgan fingerprint density at radius 2 is 1.19 bits per heavy atom. The van der Waals surface area contributed by atoms with E-state index in [1.165, 1.54) is 57.8 Å². The maximum atomic E-state index is 12.8. The molecule has 0 aromatic carbocycles.